The van der Waals surface area contributed by atoms with Gasteiger partial charge >= 0.3 is 5.97 Å². The molecule has 0 radical (unpaired) electrons. The SMILES string of the molecule is COC(=O)c1ccccc1NC(=O)Cn1cnc(-c2ccco2)cc1=O. The largest absolute Gasteiger partial charge is 0.465 e. The summed E-state index contributed by atoms with van der Waals surface area (Å²) in [5.41, 5.74) is 0.509. The van der Waals surface area contributed by atoms with E-state index >= 15 is 0 Å². The number of hydrogen-bond donors (Lipinski definition) is 1. The lowest BCUT2D eigenvalue weighted by molar-refractivity contribution is -0.116. The first-order valence-electron chi connectivity index (χ1n) is 7.66. The molecule has 0 fully saturated rings. The smallest absolute Gasteiger partial charge is 0.339 e. The minimum atomic E-state index is -0.567. The van der Waals surface area contributed by atoms with E-state index in [1.165, 1.54) is 31.8 Å². The Morgan fingerprint density at radius 1 is 1.23 bits per heavy atom. The van der Waals surface area contributed by atoms with E-state index in [2.05, 4.69) is 15.0 Å². The Balaban J connectivity index is 1.75. The van der Waals surface area contributed by atoms with Crippen molar-refractivity contribution in [2.45, 2.75) is 6.54 Å². The Hall–Kier alpha value is -3.68. The maximum atomic E-state index is 12.2. The molecule has 0 spiro atoms. The molecule has 8 heteroatoms. The molecule has 0 aliphatic rings. The molecule has 1 N–H and O–H groups in total. The summed E-state index contributed by atoms with van der Waals surface area (Å²) in [5.74, 6) is -0.579. The minimum absolute atomic E-state index is 0.224. The van der Waals surface area contributed by atoms with E-state index in [9.17, 15) is 14.4 Å². The van der Waals surface area contributed by atoms with E-state index in [0.29, 0.717) is 17.1 Å². The number of nitrogens with zero attached hydrogens (tertiary/aromatic N) is 2. The second kappa shape index (κ2) is 7.47. The summed E-state index contributed by atoms with van der Waals surface area (Å²) in [5, 5.41) is 2.60. The second-order valence-corrected chi connectivity index (χ2v) is 5.30. The van der Waals surface area contributed by atoms with E-state index in [0.717, 1.165) is 4.57 Å². The number of aromatic nitrogens is 2. The molecule has 0 aliphatic heterocycles. The van der Waals surface area contributed by atoms with Crippen LogP contribution in [0.3, 0.4) is 0 Å². The van der Waals surface area contributed by atoms with Gasteiger partial charge in [-0.15, -0.1) is 0 Å². The summed E-state index contributed by atoms with van der Waals surface area (Å²) in [6.45, 7) is -0.250. The van der Waals surface area contributed by atoms with Gasteiger partial charge in [-0.3, -0.25) is 14.2 Å². The number of ether oxygens (including phenoxy) is 1. The summed E-state index contributed by atoms with van der Waals surface area (Å²) >= 11 is 0. The van der Waals surface area contributed by atoms with Crippen LogP contribution in [0.2, 0.25) is 0 Å². The van der Waals surface area contributed by atoms with Gasteiger partial charge in [0, 0.05) is 6.07 Å². The molecule has 3 aromatic rings. The zero-order valence-corrected chi connectivity index (χ0v) is 13.8. The van der Waals surface area contributed by atoms with Crippen molar-refractivity contribution in [1.29, 1.82) is 0 Å². The van der Waals surface area contributed by atoms with Gasteiger partial charge in [-0.1, -0.05) is 12.1 Å². The van der Waals surface area contributed by atoms with Crippen molar-refractivity contribution < 1.29 is 18.7 Å². The highest BCUT2D eigenvalue weighted by Gasteiger charge is 2.14. The van der Waals surface area contributed by atoms with Gasteiger partial charge < -0.3 is 14.5 Å². The molecule has 2 aromatic heterocycles. The number of para-hydroxylation sites is 1. The molecule has 0 unspecified atom stereocenters. The van der Waals surface area contributed by atoms with Gasteiger partial charge in [0.15, 0.2) is 5.76 Å². The standard InChI is InChI=1S/C18H15N3O5/c1-25-18(24)12-5-2-3-6-13(12)20-16(22)10-21-11-19-14(9-17(21)23)15-7-4-8-26-15/h2-9,11H,10H2,1H3,(H,20,22). The molecule has 0 saturated heterocycles. The molecule has 3 rings (SSSR count). The van der Waals surface area contributed by atoms with Gasteiger partial charge in [0.2, 0.25) is 5.91 Å². The van der Waals surface area contributed by atoms with E-state index in [1.807, 2.05) is 0 Å². The first-order chi connectivity index (χ1) is 12.6. The fourth-order valence-corrected chi connectivity index (χ4v) is 2.33. The predicted molar refractivity (Wildman–Crippen MR) is 92.6 cm³/mol. The molecular formula is C18H15N3O5. The number of carbonyl (C=O) groups is 2. The van der Waals surface area contributed by atoms with Gasteiger partial charge in [0.05, 0.1) is 31.0 Å². The fourth-order valence-electron chi connectivity index (χ4n) is 2.33. The molecule has 0 bridgehead atoms. The van der Waals surface area contributed by atoms with Crippen molar-refractivity contribution in [1.82, 2.24) is 9.55 Å². The number of hydrogen-bond acceptors (Lipinski definition) is 6. The van der Waals surface area contributed by atoms with Crippen molar-refractivity contribution in [2.75, 3.05) is 12.4 Å². The third-order valence-corrected chi connectivity index (χ3v) is 3.57. The zero-order valence-electron chi connectivity index (χ0n) is 13.8. The van der Waals surface area contributed by atoms with Crippen LogP contribution in [0.25, 0.3) is 11.5 Å². The Labute approximate surface area is 148 Å². The highest BCUT2D eigenvalue weighted by atomic mass is 16.5. The first-order valence-corrected chi connectivity index (χ1v) is 7.66. The Kier molecular flexibility index (Phi) is 4.93. The number of methoxy groups -OCH3 is 1. The molecule has 1 aromatic carbocycles. The number of nitrogens with one attached hydrogen (secondary N) is 1. The van der Waals surface area contributed by atoms with Crippen LogP contribution in [0.4, 0.5) is 5.69 Å². The Morgan fingerprint density at radius 3 is 2.73 bits per heavy atom. The van der Waals surface area contributed by atoms with E-state index < -0.39 is 17.4 Å². The van der Waals surface area contributed by atoms with Gasteiger partial charge in [0.25, 0.3) is 5.56 Å². The van der Waals surface area contributed by atoms with Crippen LogP contribution in [-0.2, 0) is 16.1 Å². The van der Waals surface area contributed by atoms with Crippen LogP contribution >= 0.6 is 0 Å². The average molecular weight is 353 g/mol. The maximum absolute atomic E-state index is 12.2. The number of rotatable bonds is 5. The molecular weight excluding hydrogens is 338 g/mol. The molecule has 0 aliphatic carbocycles. The van der Waals surface area contributed by atoms with Crippen LogP contribution in [-0.4, -0.2) is 28.5 Å². The quantitative estimate of drug-likeness (QED) is 0.703. The lowest BCUT2D eigenvalue weighted by Gasteiger charge is -2.10. The number of esters is 1. The van der Waals surface area contributed by atoms with Crippen molar-refractivity contribution in [3.63, 3.8) is 0 Å². The van der Waals surface area contributed by atoms with Crippen molar-refractivity contribution in [3.8, 4) is 11.5 Å². The fraction of sp³-hybridized carbons (Fsp3) is 0.111. The van der Waals surface area contributed by atoms with E-state index in [4.69, 9.17) is 4.42 Å². The van der Waals surface area contributed by atoms with Crippen molar-refractivity contribution in [3.05, 3.63) is 71.0 Å². The third-order valence-electron chi connectivity index (χ3n) is 3.57. The third kappa shape index (κ3) is 3.69. The first kappa shape index (κ1) is 17.2. The predicted octanol–water partition coefficient (Wildman–Crippen LogP) is 1.93. The zero-order chi connectivity index (χ0) is 18.5. The number of anilines is 1. The lowest BCUT2D eigenvalue weighted by Crippen LogP contribution is -2.28. The van der Waals surface area contributed by atoms with E-state index in [-0.39, 0.29) is 12.1 Å². The lowest BCUT2D eigenvalue weighted by atomic mass is 10.2. The van der Waals surface area contributed by atoms with Gasteiger partial charge in [-0.05, 0) is 24.3 Å². The number of amides is 1. The summed E-state index contributed by atoms with van der Waals surface area (Å²) < 4.78 is 11.0. The normalized spacial score (nSPS) is 10.3. The number of furan rings is 1. The summed E-state index contributed by atoms with van der Waals surface area (Å²) in [4.78, 5) is 40.3. The summed E-state index contributed by atoms with van der Waals surface area (Å²) in [6, 6.07) is 11.1. The average Bonchev–Trinajstić information content (AvgIpc) is 3.18. The van der Waals surface area contributed by atoms with Gasteiger partial charge in [-0.2, -0.15) is 0 Å². The second-order valence-electron chi connectivity index (χ2n) is 5.30. The van der Waals surface area contributed by atoms with Crippen LogP contribution in [0, 0.1) is 0 Å². The highest BCUT2D eigenvalue weighted by molar-refractivity contribution is 6.01. The Bertz CT molecular complexity index is 992. The Morgan fingerprint density at radius 2 is 2.04 bits per heavy atom. The number of carbonyl (C=O) groups excluding carboxylic acids is 2. The van der Waals surface area contributed by atoms with Gasteiger partial charge in [0.1, 0.15) is 12.2 Å². The van der Waals surface area contributed by atoms with Crippen molar-refractivity contribution in [2.24, 2.45) is 0 Å². The highest BCUT2D eigenvalue weighted by Crippen LogP contribution is 2.16. The van der Waals surface area contributed by atoms with E-state index in [1.54, 1.807) is 30.3 Å². The van der Waals surface area contributed by atoms with Crippen LogP contribution in [0.15, 0.2) is 64.3 Å². The number of benzene rings is 1. The monoisotopic (exact) mass is 353 g/mol. The van der Waals surface area contributed by atoms with Crippen LogP contribution in [0.1, 0.15) is 10.4 Å². The topological polar surface area (TPSA) is 103 Å². The molecule has 26 heavy (non-hydrogen) atoms. The van der Waals surface area contributed by atoms with Gasteiger partial charge in [-0.25, -0.2) is 9.78 Å². The summed E-state index contributed by atoms with van der Waals surface area (Å²) in [6.07, 6.45) is 2.75. The molecule has 0 saturated carbocycles. The summed E-state index contributed by atoms with van der Waals surface area (Å²) in [7, 11) is 1.26. The van der Waals surface area contributed by atoms with Crippen LogP contribution < -0.4 is 10.9 Å². The maximum Gasteiger partial charge on any atom is 0.339 e. The molecule has 1 amide bonds. The van der Waals surface area contributed by atoms with Crippen LogP contribution in [0.5, 0.6) is 0 Å². The molecule has 2 heterocycles. The molecule has 132 valence electrons. The molecule has 0 atom stereocenters. The minimum Gasteiger partial charge on any atom is -0.465 e. The molecule has 8 nitrogen and oxygen atoms in total. The van der Waals surface area contributed by atoms with Crippen molar-refractivity contribution >= 4 is 17.6 Å².